The lowest BCUT2D eigenvalue weighted by molar-refractivity contribution is -0.117. The molecule has 0 radical (unpaired) electrons. The van der Waals surface area contributed by atoms with Gasteiger partial charge in [-0.05, 0) is 37.3 Å². The highest BCUT2D eigenvalue weighted by molar-refractivity contribution is 6.35. The van der Waals surface area contributed by atoms with Crippen molar-refractivity contribution in [1.82, 2.24) is 0 Å². The van der Waals surface area contributed by atoms with Crippen molar-refractivity contribution in [2.75, 3.05) is 16.8 Å². The molecule has 0 saturated carbocycles. The summed E-state index contributed by atoms with van der Waals surface area (Å²) in [5.74, 6) is -0.582. The van der Waals surface area contributed by atoms with Crippen LogP contribution in [0.3, 0.4) is 0 Å². The average Bonchev–Trinajstić information content (AvgIpc) is 2.54. The first kappa shape index (κ1) is 19.9. The van der Waals surface area contributed by atoms with Gasteiger partial charge in [-0.15, -0.1) is 0 Å². The molecule has 0 aliphatic rings. The largest absolute Gasteiger partial charge is 0.326 e. The molecular weight excluding hydrogens is 375 g/mol. The van der Waals surface area contributed by atoms with Crippen molar-refractivity contribution < 1.29 is 14.4 Å². The van der Waals surface area contributed by atoms with Crippen molar-refractivity contribution in [3.05, 3.63) is 58.1 Å². The van der Waals surface area contributed by atoms with E-state index in [4.69, 9.17) is 23.2 Å². The van der Waals surface area contributed by atoms with Gasteiger partial charge in [0.2, 0.25) is 11.8 Å². The zero-order valence-electron chi connectivity index (χ0n) is 14.4. The van der Waals surface area contributed by atoms with E-state index in [0.29, 0.717) is 27.0 Å². The molecule has 1 N–H and O–H groups in total. The Bertz CT molecular complexity index is 832. The Morgan fingerprint density at radius 3 is 2.23 bits per heavy atom. The number of halogens is 2. The minimum atomic E-state index is -0.273. The Balaban J connectivity index is 2.05. The minimum absolute atomic E-state index is 0.0774. The Kier molecular flexibility index (Phi) is 6.77. The fraction of sp³-hybridized carbons (Fsp3) is 0.211. The van der Waals surface area contributed by atoms with Crippen LogP contribution in [-0.2, 0) is 9.59 Å². The van der Waals surface area contributed by atoms with Crippen molar-refractivity contribution in [3.8, 4) is 0 Å². The van der Waals surface area contributed by atoms with Crippen LogP contribution in [0.2, 0.25) is 10.0 Å². The second-order valence-corrected chi connectivity index (χ2v) is 6.61. The van der Waals surface area contributed by atoms with Crippen molar-refractivity contribution in [1.29, 1.82) is 0 Å². The Morgan fingerprint density at radius 2 is 1.65 bits per heavy atom. The summed E-state index contributed by atoms with van der Waals surface area (Å²) in [6.45, 7) is 3.04. The number of carbonyl (C=O) groups excluding carboxylic acids is 3. The van der Waals surface area contributed by atoms with Crippen molar-refractivity contribution in [2.24, 2.45) is 0 Å². The summed E-state index contributed by atoms with van der Waals surface area (Å²) in [6, 6.07) is 11.5. The number of hydrogen-bond acceptors (Lipinski definition) is 3. The predicted molar refractivity (Wildman–Crippen MR) is 104 cm³/mol. The fourth-order valence-corrected chi connectivity index (χ4v) is 2.93. The molecule has 7 heteroatoms. The number of hydrogen-bond donors (Lipinski definition) is 1. The molecule has 0 bridgehead atoms. The van der Waals surface area contributed by atoms with Gasteiger partial charge in [0.05, 0.1) is 0 Å². The summed E-state index contributed by atoms with van der Waals surface area (Å²) in [6.07, 6.45) is 0.0774. The highest BCUT2D eigenvalue weighted by Gasteiger charge is 2.15. The lowest BCUT2D eigenvalue weighted by atomic mass is 10.1. The lowest BCUT2D eigenvalue weighted by Crippen LogP contribution is -2.32. The molecule has 26 heavy (non-hydrogen) atoms. The Labute approximate surface area is 161 Å². The average molecular weight is 393 g/mol. The molecule has 0 unspecified atom stereocenters. The van der Waals surface area contributed by atoms with Crippen LogP contribution in [0.15, 0.2) is 42.5 Å². The van der Waals surface area contributed by atoms with E-state index in [2.05, 4.69) is 5.32 Å². The molecule has 0 aliphatic carbocycles. The van der Waals surface area contributed by atoms with E-state index in [0.717, 1.165) is 0 Å². The molecule has 2 aromatic rings. The molecule has 2 rings (SSSR count). The maximum atomic E-state index is 12.2. The number of carbonyl (C=O) groups is 3. The second-order valence-electron chi connectivity index (χ2n) is 5.73. The van der Waals surface area contributed by atoms with Gasteiger partial charge in [-0.25, -0.2) is 0 Å². The Morgan fingerprint density at radius 1 is 1.00 bits per heavy atom. The van der Waals surface area contributed by atoms with Crippen LogP contribution < -0.4 is 10.2 Å². The summed E-state index contributed by atoms with van der Waals surface area (Å²) >= 11 is 12.0. The van der Waals surface area contributed by atoms with E-state index >= 15 is 0 Å². The van der Waals surface area contributed by atoms with E-state index in [1.165, 1.54) is 18.7 Å². The molecule has 0 spiro atoms. The van der Waals surface area contributed by atoms with Crippen LogP contribution in [0.4, 0.5) is 11.4 Å². The smallest absolute Gasteiger partial charge is 0.226 e. The van der Waals surface area contributed by atoms with Gasteiger partial charge < -0.3 is 10.2 Å². The van der Waals surface area contributed by atoms with Gasteiger partial charge >= 0.3 is 0 Å². The summed E-state index contributed by atoms with van der Waals surface area (Å²) in [5, 5.41) is 3.54. The van der Waals surface area contributed by atoms with E-state index in [9.17, 15) is 14.4 Å². The molecule has 136 valence electrons. The third kappa shape index (κ3) is 5.58. The number of rotatable bonds is 6. The molecule has 0 atom stereocenters. The molecule has 2 aromatic carbocycles. The van der Waals surface area contributed by atoms with Gasteiger partial charge in [0, 0.05) is 46.9 Å². The first-order valence-electron chi connectivity index (χ1n) is 7.91. The number of Topliss-reactive ketones (excluding diaryl/α,β-unsaturated/α-hetero) is 1. The summed E-state index contributed by atoms with van der Waals surface area (Å²) in [4.78, 5) is 37.0. The van der Waals surface area contributed by atoms with E-state index < -0.39 is 0 Å². The van der Waals surface area contributed by atoms with Crippen molar-refractivity contribution in [3.63, 3.8) is 0 Å². The number of amides is 2. The highest BCUT2D eigenvalue weighted by atomic mass is 35.5. The van der Waals surface area contributed by atoms with E-state index in [1.807, 2.05) is 0 Å². The van der Waals surface area contributed by atoms with Crippen LogP contribution in [-0.4, -0.2) is 24.1 Å². The first-order valence-corrected chi connectivity index (χ1v) is 8.67. The zero-order chi connectivity index (χ0) is 19.3. The highest BCUT2D eigenvalue weighted by Crippen LogP contribution is 2.26. The minimum Gasteiger partial charge on any atom is -0.326 e. The summed E-state index contributed by atoms with van der Waals surface area (Å²) in [7, 11) is 0. The van der Waals surface area contributed by atoms with Crippen molar-refractivity contribution >= 4 is 52.2 Å². The first-order chi connectivity index (χ1) is 12.3. The molecule has 0 aliphatic heterocycles. The SMILES string of the molecule is CC(=O)c1cccc(NC(=O)CCN(C(C)=O)c2cc(Cl)cc(Cl)c2)c1. The van der Waals surface area contributed by atoms with Crippen LogP contribution in [0.1, 0.15) is 30.6 Å². The van der Waals surface area contributed by atoms with Crippen LogP contribution in [0, 0.1) is 0 Å². The number of anilines is 2. The Hall–Kier alpha value is -2.37. The monoisotopic (exact) mass is 392 g/mol. The molecule has 5 nitrogen and oxygen atoms in total. The topological polar surface area (TPSA) is 66.5 Å². The van der Waals surface area contributed by atoms with E-state index in [-0.39, 0.29) is 30.6 Å². The van der Waals surface area contributed by atoms with Gasteiger partial charge in [0.25, 0.3) is 0 Å². The van der Waals surface area contributed by atoms with Crippen LogP contribution in [0.25, 0.3) is 0 Å². The van der Waals surface area contributed by atoms with Gasteiger partial charge in [0.15, 0.2) is 5.78 Å². The van der Waals surface area contributed by atoms with Gasteiger partial charge in [-0.3, -0.25) is 14.4 Å². The van der Waals surface area contributed by atoms with Gasteiger partial charge in [-0.2, -0.15) is 0 Å². The molecule has 0 aromatic heterocycles. The van der Waals surface area contributed by atoms with Gasteiger partial charge in [-0.1, -0.05) is 35.3 Å². The molecule has 0 saturated heterocycles. The zero-order valence-corrected chi connectivity index (χ0v) is 15.9. The maximum absolute atomic E-state index is 12.2. The second kappa shape index (κ2) is 8.83. The number of nitrogens with zero attached hydrogens (tertiary/aromatic N) is 1. The third-order valence-electron chi connectivity index (χ3n) is 3.65. The number of nitrogens with one attached hydrogen (secondary N) is 1. The fourth-order valence-electron chi connectivity index (χ4n) is 2.42. The van der Waals surface area contributed by atoms with Crippen LogP contribution in [0.5, 0.6) is 0 Å². The lowest BCUT2D eigenvalue weighted by Gasteiger charge is -2.21. The molecule has 0 fully saturated rings. The normalized spacial score (nSPS) is 10.3. The molecule has 2 amide bonds. The summed E-state index contributed by atoms with van der Waals surface area (Å²) < 4.78 is 0. The quantitative estimate of drug-likeness (QED) is 0.731. The van der Waals surface area contributed by atoms with Gasteiger partial charge in [0.1, 0.15) is 0 Å². The standard InChI is InChI=1S/C19H18Cl2N2O3/c1-12(24)14-4-3-5-17(8-14)22-19(26)6-7-23(13(2)25)18-10-15(20)9-16(21)11-18/h3-5,8-11H,6-7H2,1-2H3,(H,22,26). The predicted octanol–water partition coefficient (Wildman–Crippen LogP) is 4.58. The molecule has 0 heterocycles. The summed E-state index contributed by atoms with van der Waals surface area (Å²) in [5.41, 5.74) is 1.57. The number of benzene rings is 2. The van der Waals surface area contributed by atoms with Crippen LogP contribution >= 0.6 is 23.2 Å². The van der Waals surface area contributed by atoms with E-state index in [1.54, 1.807) is 42.5 Å². The van der Waals surface area contributed by atoms with Crippen molar-refractivity contribution in [2.45, 2.75) is 20.3 Å². The maximum Gasteiger partial charge on any atom is 0.226 e. The third-order valence-corrected chi connectivity index (χ3v) is 4.09. The number of ketones is 1. The molecular formula is C19H18Cl2N2O3.